The van der Waals surface area contributed by atoms with Crippen molar-refractivity contribution < 1.29 is 9.59 Å². The number of carbonyl (C=O) groups excluding carboxylic acids is 2. The quantitative estimate of drug-likeness (QED) is 0.695. The molecule has 0 bridgehead atoms. The predicted molar refractivity (Wildman–Crippen MR) is 99.9 cm³/mol. The van der Waals surface area contributed by atoms with E-state index in [4.69, 9.17) is 0 Å². The summed E-state index contributed by atoms with van der Waals surface area (Å²) in [7, 11) is 1.77. The van der Waals surface area contributed by atoms with Gasteiger partial charge >= 0.3 is 0 Å². The van der Waals surface area contributed by atoms with E-state index < -0.39 is 11.8 Å². The fourth-order valence-corrected chi connectivity index (χ4v) is 3.61. The molecular weight excluding hydrogens is 350 g/mol. The minimum absolute atomic E-state index is 0.394. The van der Waals surface area contributed by atoms with Gasteiger partial charge in [0.2, 0.25) is 0 Å². The van der Waals surface area contributed by atoms with Crippen LogP contribution >= 0.6 is 11.3 Å². The highest BCUT2D eigenvalue weighted by atomic mass is 32.1. The van der Waals surface area contributed by atoms with Gasteiger partial charge in [0.15, 0.2) is 0 Å². The van der Waals surface area contributed by atoms with Crippen molar-refractivity contribution in [1.82, 2.24) is 25.6 Å². The van der Waals surface area contributed by atoms with Gasteiger partial charge in [0.05, 0.1) is 17.0 Å². The molecule has 0 aliphatic carbocycles. The Kier molecular flexibility index (Phi) is 4.85. The Morgan fingerprint density at radius 1 is 1.00 bits per heavy atom. The summed E-state index contributed by atoms with van der Waals surface area (Å²) in [5.74, 6) is -0.790. The highest BCUT2D eigenvalue weighted by Gasteiger charge is 2.20. The van der Waals surface area contributed by atoms with Gasteiger partial charge in [-0.1, -0.05) is 30.3 Å². The van der Waals surface area contributed by atoms with Gasteiger partial charge < -0.3 is 0 Å². The number of hydrazine groups is 1. The zero-order chi connectivity index (χ0) is 18.8. The first-order valence-electron chi connectivity index (χ1n) is 8.02. The van der Waals surface area contributed by atoms with Crippen molar-refractivity contribution in [2.75, 3.05) is 0 Å². The standard InChI is InChI=1S/C18H19N5O2S/c1-10-14(12(3)23(4)22-10)16(24)20-21-17(25)15-11(2)19-18(26-15)13-8-6-5-7-9-13/h5-9H,1-4H3,(H,20,24)(H,21,25). The third kappa shape index (κ3) is 3.36. The van der Waals surface area contributed by atoms with Crippen LogP contribution in [-0.2, 0) is 7.05 Å². The van der Waals surface area contributed by atoms with Crippen LogP contribution in [-0.4, -0.2) is 26.6 Å². The Hall–Kier alpha value is -3.00. The van der Waals surface area contributed by atoms with E-state index in [-0.39, 0.29) is 0 Å². The van der Waals surface area contributed by atoms with E-state index in [9.17, 15) is 9.59 Å². The SMILES string of the molecule is Cc1nc(-c2ccccc2)sc1C(=O)NNC(=O)c1c(C)nn(C)c1C. The normalized spacial score (nSPS) is 10.6. The van der Waals surface area contributed by atoms with Crippen LogP contribution < -0.4 is 10.9 Å². The van der Waals surface area contributed by atoms with E-state index in [0.29, 0.717) is 21.8 Å². The van der Waals surface area contributed by atoms with Gasteiger partial charge in [0, 0.05) is 18.3 Å². The third-order valence-electron chi connectivity index (χ3n) is 4.05. The van der Waals surface area contributed by atoms with E-state index >= 15 is 0 Å². The van der Waals surface area contributed by atoms with Gasteiger partial charge in [-0.3, -0.25) is 25.1 Å². The molecule has 0 radical (unpaired) electrons. The molecule has 3 rings (SSSR count). The lowest BCUT2D eigenvalue weighted by molar-refractivity contribution is 0.0847. The molecule has 0 aliphatic rings. The number of nitrogens with zero attached hydrogens (tertiary/aromatic N) is 3. The van der Waals surface area contributed by atoms with Crippen LogP contribution in [0.25, 0.3) is 10.6 Å². The molecule has 7 nitrogen and oxygen atoms in total. The minimum atomic E-state index is -0.396. The number of nitrogens with one attached hydrogen (secondary N) is 2. The number of aryl methyl sites for hydroxylation is 3. The zero-order valence-corrected chi connectivity index (χ0v) is 15.8. The molecule has 0 saturated carbocycles. The lowest BCUT2D eigenvalue weighted by atomic mass is 10.2. The first kappa shape index (κ1) is 17.8. The highest BCUT2D eigenvalue weighted by molar-refractivity contribution is 7.17. The first-order valence-corrected chi connectivity index (χ1v) is 8.84. The number of hydrogen-bond acceptors (Lipinski definition) is 5. The van der Waals surface area contributed by atoms with Gasteiger partial charge in [-0.15, -0.1) is 11.3 Å². The van der Waals surface area contributed by atoms with Crippen molar-refractivity contribution in [1.29, 1.82) is 0 Å². The van der Waals surface area contributed by atoms with E-state index in [1.807, 2.05) is 30.3 Å². The summed E-state index contributed by atoms with van der Waals surface area (Å²) >= 11 is 1.29. The Morgan fingerprint density at radius 3 is 2.27 bits per heavy atom. The van der Waals surface area contributed by atoms with E-state index in [1.54, 1.807) is 32.5 Å². The van der Waals surface area contributed by atoms with E-state index in [0.717, 1.165) is 16.3 Å². The number of aromatic nitrogens is 3. The predicted octanol–water partition coefficient (Wildman–Crippen LogP) is 2.54. The van der Waals surface area contributed by atoms with Gasteiger partial charge in [-0.05, 0) is 20.8 Å². The van der Waals surface area contributed by atoms with Crippen LogP contribution in [0.2, 0.25) is 0 Å². The lowest BCUT2D eigenvalue weighted by Gasteiger charge is -2.07. The van der Waals surface area contributed by atoms with Crippen LogP contribution in [0.3, 0.4) is 0 Å². The first-order chi connectivity index (χ1) is 12.4. The van der Waals surface area contributed by atoms with Crippen molar-refractivity contribution in [3.8, 4) is 10.6 Å². The molecule has 134 valence electrons. The summed E-state index contributed by atoms with van der Waals surface area (Å²) in [6.45, 7) is 5.33. The smallest absolute Gasteiger partial charge is 0.272 e. The second-order valence-corrected chi connectivity index (χ2v) is 6.88. The molecule has 2 heterocycles. The van der Waals surface area contributed by atoms with Crippen molar-refractivity contribution >= 4 is 23.2 Å². The maximum atomic E-state index is 12.4. The summed E-state index contributed by atoms with van der Waals surface area (Å²) < 4.78 is 1.63. The average Bonchev–Trinajstić information content (AvgIpc) is 3.13. The summed E-state index contributed by atoms with van der Waals surface area (Å²) in [5.41, 5.74) is 8.28. The van der Waals surface area contributed by atoms with Crippen LogP contribution in [0.1, 0.15) is 37.1 Å². The number of benzene rings is 1. The highest BCUT2D eigenvalue weighted by Crippen LogP contribution is 2.27. The zero-order valence-electron chi connectivity index (χ0n) is 15.0. The Balaban J connectivity index is 1.73. The summed E-state index contributed by atoms with van der Waals surface area (Å²) in [6, 6.07) is 9.65. The topological polar surface area (TPSA) is 88.9 Å². The molecule has 2 aromatic heterocycles. The van der Waals surface area contributed by atoms with Crippen molar-refractivity contribution in [3.05, 3.63) is 57.9 Å². The molecule has 0 aliphatic heterocycles. The van der Waals surface area contributed by atoms with Crippen LogP contribution in [0.4, 0.5) is 0 Å². The molecular formula is C18H19N5O2S. The monoisotopic (exact) mass is 369 g/mol. The molecule has 0 fully saturated rings. The fourth-order valence-electron chi connectivity index (χ4n) is 2.65. The molecule has 3 aromatic rings. The Labute approximate surface area is 155 Å². The van der Waals surface area contributed by atoms with Crippen LogP contribution in [0.5, 0.6) is 0 Å². The number of rotatable bonds is 3. The maximum Gasteiger partial charge on any atom is 0.281 e. The van der Waals surface area contributed by atoms with Gasteiger partial charge in [-0.25, -0.2) is 4.98 Å². The number of amides is 2. The fraction of sp³-hybridized carbons (Fsp3) is 0.222. The summed E-state index contributed by atoms with van der Waals surface area (Å²) in [5, 5.41) is 4.97. The maximum absolute atomic E-state index is 12.4. The number of hydrogen-bond donors (Lipinski definition) is 2. The molecule has 0 unspecified atom stereocenters. The van der Waals surface area contributed by atoms with E-state index in [2.05, 4.69) is 20.9 Å². The second-order valence-electron chi connectivity index (χ2n) is 5.88. The molecule has 1 aromatic carbocycles. The molecule has 8 heteroatoms. The number of carbonyl (C=O) groups is 2. The van der Waals surface area contributed by atoms with Gasteiger partial charge in [0.25, 0.3) is 11.8 Å². The van der Waals surface area contributed by atoms with Crippen LogP contribution in [0, 0.1) is 20.8 Å². The Morgan fingerprint density at radius 2 is 1.65 bits per heavy atom. The van der Waals surface area contributed by atoms with Crippen molar-refractivity contribution in [2.24, 2.45) is 7.05 Å². The molecule has 26 heavy (non-hydrogen) atoms. The molecule has 2 amide bonds. The second kappa shape index (κ2) is 7.09. The summed E-state index contributed by atoms with van der Waals surface area (Å²) in [4.78, 5) is 29.7. The number of thiazole rings is 1. The molecule has 0 atom stereocenters. The average molecular weight is 369 g/mol. The van der Waals surface area contributed by atoms with Crippen molar-refractivity contribution in [3.63, 3.8) is 0 Å². The summed E-state index contributed by atoms with van der Waals surface area (Å²) in [6.07, 6.45) is 0. The van der Waals surface area contributed by atoms with Crippen molar-refractivity contribution in [2.45, 2.75) is 20.8 Å². The molecule has 2 N–H and O–H groups in total. The van der Waals surface area contributed by atoms with Gasteiger partial charge in [-0.2, -0.15) is 5.10 Å². The van der Waals surface area contributed by atoms with E-state index in [1.165, 1.54) is 11.3 Å². The minimum Gasteiger partial charge on any atom is -0.272 e. The van der Waals surface area contributed by atoms with Gasteiger partial charge in [0.1, 0.15) is 9.88 Å². The Bertz CT molecular complexity index is 975. The molecule has 0 saturated heterocycles. The lowest BCUT2D eigenvalue weighted by Crippen LogP contribution is -2.42. The largest absolute Gasteiger partial charge is 0.281 e. The third-order valence-corrected chi connectivity index (χ3v) is 5.25. The van der Waals surface area contributed by atoms with Crippen LogP contribution in [0.15, 0.2) is 30.3 Å². The molecule has 0 spiro atoms.